The lowest BCUT2D eigenvalue weighted by Gasteiger charge is -2.26. The summed E-state index contributed by atoms with van der Waals surface area (Å²) in [5.74, 6) is -0.908. The molecular weight excluding hydrogens is 422 g/mol. The fourth-order valence-corrected chi connectivity index (χ4v) is 4.09. The molecule has 0 aliphatic carbocycles. The molecule has 33 heavy (non-hydrogen) atoms. The number of nitrogens with zero attached hydrogens (tertiary/aromatic N) is 1. The lowest BCUT2D eigenvalue weighted by atomic mass is 9.84. The van der Waals surface area contributed by atoms with Crippen LogP contribution in [0, 0.1) is 0 Å². The number of aliphatic hydroxyl groups excluding tert-OH is 1. The molecule has 2 aromatic carbocycles. The van der Waals surface area contributed by atoms with E-state index >= 15 is 0 Å². The van der Waals surface area contributed by atoms with Crippen molar-refractivity contribution in [1.82, 2.24) is 4.90 Å². The largest absolute Gasteiger partial charge is 0.508 e. The van der Waals surface area contributed by atoms with Gasteiger partial charge in [0.1, 0.15) is 17.3 Å². The monoisotopic (exact) mass is 453 g/mol. The smallest absolute Gasteiger partial charge is 0.295 e. The third kappa shape index (κ3) is 4.88. The minimum atomic E-state index is -0.775. The Kier molecular flexibility index (Phi) is 7.12. The molecule has 0 saturated carbocycles. The number of aromatic hydroxyl groups is 1. The van der Waals surface area contributed by atoms with E-state index in [1.165, 1.54) is 17.0 Å². The highest BCUT2D eigenvalue weighted by atomic mass is 16.5. The summed E-state index contributed by atoms with van der Waals surface area (Å²) in [5, 5.41) is 21.0. The van der Waals surface area contributed by atoms with E-state index in [1.807, 2.05) is 20.8 Å². The van der Waals surface area contributed by atoms with Crippen molar-refractivity contribution < 1.29 is 29.3 Å². The number of carbonyl (C=O) groups excluding carboxylic acids is 2. The summed E-state index contributed by atoms with van der Waals surface area (Å²) in [5.41, 5.74) is 1.66. The Hall–Kier alpha value is -3.32. The van der Waals surface area contributed by atoms with E-state index in [4.69, 9.17) is 9.47 Å². The molecule has 176 valence electrons. The molecule has 1 saturated heterocycles. The molecule has 0 aromatic heterocycles. The van der Waals surface area contributed by atoms with Crippen LogP contribution >= 0.6 is 0 Å². The normalized spacial score (nSPS) is 18.1. The molecule has 1 unspecified atom stereocenters. The highest BCUT2D eigenvalue weighted by molar-refractivity contribution is 6.46. The van der Waals surface area contributed by atoms with Crippen molar-refractivity contribution in [2.45, 2.75) is 38.6 Å². The number of hydrogen-bond donors (Lipinski definition) is 2. The second-order valence-electron chi connectivity index (χ2n) is 9.10. The van der Waals surface area contributed by atoms with Gasteiger partial charge in [0.25, 0.3) is 11.7 Å². The van der Waals surface area contributed by atoms with Crippen molar-refractivity contribution in [2.75, 3.05) is 27.4 Å². The van der Waals surface area contributed by atoms with E-state index in [9.17, 15) is 19.8 Å². The van der Waals surface area contributed by atoms with Crippen molar-refractivity contribution in [1.29, 1.82) is 0 Å². The van der Waals surface area contributed by atoms with Crippen LogP contribution < -0.4 is 4.74 Å². The highest BCUT2D eigenvalue weighted by Gasteiger charge is 2.45. The Bertz CT molecular complexity index is 1070. The maximum Gasteiger partial charge on any atom is 0.295 e. The van der Waals surface area contributed by atoms with Crippen LogP contribution in [0.15, 0.2) is 48.0 Å². The number of rotatable bonds is 7. The fraction of sp³-hybridized carbons (Fsp3) is 0.385. The Morgan fingerprint density at radius 3 is 2.30 bits per heavy atom. The number of phenolic OH excluding ortho intramolecular Hbond substituents is 1. The Labute approximate surface area is 194 Å². The van der Waals surface area contributed by atoms with Crippen LogP contribution in [0.5, 0.6) is 11.5 Å². The van der Waals surface area contributed by atoms with Crippen molar-refractivity contribution in [3.05, 3.63) is 64.7 Å². The summed E-state index contributed by atoms with van der Waals surface area (Å²) in [6.45, 7) is 6.80. The van der Waals surface area contributed by atoms with Crippen molar-refractivity contribution in [3.63, 3.8) is 0 Å². The molecule has 2 aromatic rings. The number of ketones is 1. The third-order valence-corrected chi connectivity index (χ3v) is 5.78. The predicted molar refractivity (Wildman–Crippen MR) is 125 cm³/mol. The molecule has 1 aliphatic heterocycles. The molecule has 0 spiro atoms. The van der Waals surface area contributed by atoms with Gasteiger partial charge in [0.05, 0.1) is 18.7 Å². The summed E-state index contributed by atoms with van der Waals surface area (Å²) in [6, 6.07) is 10.7. The molecule has 1 atom stereocenters. The van der Waals surface area contributed by atoms with Crippen LogP contribution in [-0.2, 0) is 19.7 Å². The summed E-state index contributed by atoms with van der Waals surface area (Å²) in [6.07, 6.45) is 0.537. The first-order valence-electron chi connectivity index (χ1n) is 10.8. The molecule has 1 fully saturated rings. The van der Waals surface area contributed by atoms with Gasteiger partial charge in [0, 0.05) is 31.4 Å². The molecule has 1 aliphatic rings. The van der Waals surface area contributed by atoms with E-state index < -0.39 is 17.7 Å². The average molecular weight is 454 g/mol. The topological polar surface area (TPSA) is 96.3 Å². The maximum atomic E-state index is 13.1. The van der Waals surface area contributed by atoms with E-state index in [0.717, 1.165) is 5.56 Å². The van der Waals surface area contributed by atoms with E-state index in [2.05, 4.69) is 0 Å². The lowest BCUT2D eigenvalue weighted by molar-refractivity contribution is -0.140. The van der Waals surface area contributed by atoms with E-state index in [0.29, 0.717) is 29.9 Å². The van der Waals surface area contributed by atoms with Crippen LogP contribution in [0.25, 0.3) is 5.76 Å². The molecule has 0 radical (unpaired) electrons. The zero-order chi connectivity index (χ0) is 24.3. The Morgan fingerprint density at radius 1 is 1.06 bits per heavy atom. The first kappa shape index (κ1) is 24.3. The molecule has 3 rings (SSSR count). The van der Waals surface area contributed by atoms with Crippen LogP contribution in [0.2, 0.25) is 0 Å². The highest BCUT2D eigenvalue weighted by Crippen LogP contribution is 2.41. The van der Waals surface area contributed by atoms with Gasteiger partial charge in [-0.3, -0.25) is 9.59 Å². The molecule has 1 amide bonds. The van der Waals surface area contributed by atoms with Crippen molar-refractivity contribution >= 4 is 17.4 Å². The minimum Gasteiger partial charge on any atom is -0.508 e. The average Bonchev–Trinajstić information content (AvgIpc) is 3.03. The zero-order valence-corrected chi connectivity index (χ0v) is 19.7. The Morgan fingerprint density at radius 2 is 1.73 bits per heavy atom. The first-order valence-corrected chi connectivity index (χ1v) is 10.8. The first-order chi connectivity index (χ1) is 15.6. The number of methoxy groups -OCH3 is 2. The number of likely N-dealkylation sites (tertiary alicyclic amines) is 1. The lowest BCUT2D eigenvalue weighted by Crippen LogP contribution is -2.31. The molecule has 1 heterocycles. The van der Waals surface area contributed by atoms with Crippen LogP contribution in [0.3, 0.4) is 0 Å². The van der Waals surface area contributed by atoms with Crippen LogP contribution in [0.4, 0.5) is 0 Å². The third-order valence-electron chi connectivity index (χ3n) is 5.78. The van der Waals surface area contributed by atoms with Crippen molar-refractivity contribution in [2.24, 2.45) is 0 Å². The van der Waals surface area contributed by atoms with Gasteiger partial charge >= 0.3 is 0 Å². The zero-order valence-electron chi connectivity index (χ0n) is 19.7. The van der Waals surface area contributed by atoms with Gasteiger partial charge in [-0.25, -0.2) is 0 Å². The quantitative estimate of drug-likeness (QED) is 0.283. The van der Waals surface area contributed by atoms with Gasteiger partial charge in [-0.2, -0.15) is 0 Å². The Balaban J connectivity index is 2.17. The predicted octanol–water partition coefficient (Wildman–Crippen LogP) is 4.16. The summed E-state index contributed by atoms with van der Waals surface area (Å²) in [4.78, 5) is 27.5. The van der Waals surface area contributed by atoms with Gasteiger partial charge in [0.2, 0.25) is 0 Å². The van der Waals surface area contributed by atoms with Gasteiger partial charge in [0.15, 0.2) is 0 Å². The number of phenols is 1. The van der Waals surface area contributed by atoms with Gasteiger partial charge < -0.3 is 24.6 Å². The molecule has 0 bridgehead atoms. The van der Waals surface area contributed by atoms with Crippen molar-refractivity contribution in [3.8, 4) is 11.5 Å². The maximum absolute atomic E-state index is 13.1. The summed E-state index contributed by atoms with van der Waals surface area (Å²) < 4.78 is 10.6. The number of ether oxygens (including phenoxy) is 2. The summed E-state index contributed by atoms with van der Waals surface area (Å²) >= 11 is 0. The van der Waals surface area contributed by atoms with Gasteiger partial charge in [-0.05, 0) is 47.7 Å². The molecular formula is C26H31NO6. The molecule has 7 heteroatoms. The van der Waals surface area contributed by atoms with Crippen LogP contribution in [-0.4, -0.2) is 54.2 Å². The number of carbonyl (C=O) groups is 2. The molecule has 2 N–H and O–H groups in total. The SMILES string of the molecule is COCCCN1C(=O)C(=O)/C(=C(\O)c2ccc(OC)c(C(C)(C)C)c2)C1c1ccc(O)cc1. The van der Waals surface area contributed by atoms with Gasteiger partial charge in [-0.15, -0.1) is 0 Å². The summed E-state index contributed by atoms with van der Waals surface area (Å²) in [7, 11) is 3.16. The number of hydrogen-bond acceptors (Lipinski definition) is 6. The fourth-order valence-electron chi connectivity index (χ4n) is 4.09. The minimum absolute atomic E-state index is 0.0214. The second-order valence-corrected chi connectivity index (χ2v) is 9.10. The number of amides is 1. The molecule has 7 nitrogen and oxygen atoms in total. The van der Waals surface area contributed by atoms with E-state index in [-0.39, 0.29) is 29.0 Å². The van der Waals surface area contributed by atoms with Gasteiger partial charge in [-0.1, -0.05) is 32.9 Å². The number of Topliss-reactive ketones (excluding diaryl/α,β-unsaturated/α-hetero) is 1. The number of benzene rings is 2. The standard InChI is InChI=1S/C26H31NO6/c1-26(2,3)19-15-17(9-12-20(19)33-5)23(29)21-22(16-7-10-18(28)11-8-16)27(13-6-14-32-4)25(31)24(21)30/h7-12,15,22,28-29H,6,13-14H2,1-5H3/b23-21-. The van der Waals surface area contributed by atoms with Crippen LogP contribution in [0.1, 0.15) is 49.9 Å². The second kappa shape index (κ2) is 9.67. The number of aliphatic hydroxyl groups is 1. The van der Waals surface area contributed by atoms with E-state index in [1.54, 1.807) is 44.6 Å².